The van der Waals surface area contributed by atoms with Crippen LogP contribution in [0, 0.1) is 6.92 Å². The van der Waals surface area contributed by atoms with E-state index in [4.69, 9.17) is 9.97 Å². The van der Waals surface area contributed by atoms with Gasteiger partial charge < -0.3 is 10.3 Å². The molecule has 3 heterocycles. The number of aromatic nitrogens is 4. The van der Waals surface area contributed by atoms with Crippen molar-refractivity contribution in [3.05, 3.63) is 102 Å². The maximum absolute atomic E-state index is 4.98. The average Bonchev–Trinajstić information content (AvgIpc) is 3.23. The lowest BCUT2D eigenvalue weighted by Gasteiger charge is -2.06. The third-order valence-electron chi connectivity index (χ3n) is 5.27. The highest BCUT2D eigenvalue weighted by Crippen LogP contribution is 2.33. The minimum Gasteiger partial charge on any atom is -0.339 e. The van der Waals surface area contributed by atoms with Crippen LogP contribution in [0.25, 0.3) is 33.5 Å². The number of imidazole rings is 1. The Balaban J connectivity index is 1.54. The zero-order valence-corrected chi connectivity index (χ0v) is 17.3. The summed E-state index contributed by atoms with van der Waals surface area (Å²) in [5, 5.41) is 4.56. The second-order valence-electron chi connectivity index (χ2n) is 7.54. The Kier molecular flexibility index (Phi) is 5.25. The number of hydrogen-bond donors (Lipinski definition) is 2. The number of hydrogen-bond acceptors (Lipinski definition) is 4. The molecule has 5 heteroatoms. The summed E-state index contributed by atoms with van der Waals surface area (Å²) >= 11 is 0. The van der Waals surface area contributed by atoms with Crippen LogP contribution in [0.1, 0.15) is 17.1 Å². The predicted molar refractivity (Wildman–Crippen MR) is 124 cm³/mol. The first-order valence-corrected chi connectivity index (χ1v) is 10.4. The molecule has 0 saturated carbocycles. The third-order valence-corrected chi connectivity index (χ3v) is 5.27. The van der Waals surface area contributed by atoms with Crippen molar-refractivity contribution >= 4 is 10.9 Å². The summed E-state index contributed by atoms with van der Waals surface area (Å²) in [5.74, 6) is 0.880. The molecule has 0 bridgehead atoms. The molecule has 0 atom stereocenters. The van der Waals surface area contributed by atoms with Gasteiger partial charge in [-0.25, -0.2) is 4.98 Å². The second-order valence-corrected chi connectivity index (χ2v) is 7.54. The molecule has 3 aromatic heterocycles. The molecule has 0 spiro atoms. The second kappa shape index (κ2) is 8.50. The Morgan fingerprint density at radius 1 is 0.806 bits per heavy atom. The molecule has 5 nitrogen and oxygen atoms in total. The third kappa shape index (κ3) is 4.09. The summed E-state index contributed by atoms with van der Waals surface area (Å²) in [6.07, 6.45) is 1.84. The van der Waals surface area contributed by atoms with Gasteiger partial charge in [0.15, 0.2) is 0 Å². The van der Waals surface area contributed by atoms with Crippen molar-refractivity contribution in [3.63, 3.8) is 0 Å². The van der Waals surface area contributed by atoms with Crippen LogP contribution in [-0.2, 0) is 13.1 Å². The van der Waals surface area contributed by atoms with Crippen LogP contribution in [-0.4, -0.2) is 19.9 Å². The standard InChI is InChI=1S/C26H23N5/c1-18-8-7-13-23(29-18)26-25(21-14-15-28-22-12-6-5-11-20(21)22)30-24(31-26)17-27-16-19-9-3-2-4-10-19/h2-15,27H,16-17H2,1H3,(H,30,31). The van der Waals surface area contributed by atoms with Crippen LogP contribution in [0.15, 0.2) is 85.1 Å². The fourth-order valence-electron chi connectivity index (χ4n) is 3.79. The van der Waals surface area contributed by atoms with E-state index < -0.39 is 0 Å². The molecular formula is C26H23N5. The number of aromatic amines is 1. The monoisotopic (exact) mass is 405 g/mol. The van der Waals surface area contributed by atoms with Crippen molar-refractivity contribution < 1.29 is 0 Å². The van der Waals surface area contributed by atoms with Gasteiger partial charge in [0.2, 0.25) is 0 Å². The van der Waals surface area contributed by atoms with Crippen LogP contribution in [0.3, 0.4) is 0 Å². The first-order chi connectivity index (χ1) is 15.3. The summed E-state index contributed by atoms with van der Waals surface area (Å²) in [4.78, 5) is 17.8. The Bertz CT molecular complexity index is 1320. The van der Waals surface area contributed by atoms with Crippen molar-refractivity contribution in [2.75, 3.05) is 0 Å². The van der Waals surface area contributed by atoms with E-state index in [2.05, 4.69) is 45.6 Å². The normalized spacial score (nSPS) is 11.1. The van der Waals surface area contributed by atoms with Gasteiger partial charge in [0.1, 0.15) is 5.82 Å². The lowest BCUT2D eigenvalue weighted by Crippen LogP contribution is -2.13. The number of benzene rings is 2. The number of nitrogens with zero attached hydrogens (tertiary/aromatic N) is 3. The van der Waals surface area contributed by atoms with Crippen LogP contribution in [0.5, 0.6) is 0 Å². The number of fused-ring (bicyclic) bond motifs is 1. The molecule has 0 radical (unpaired) electrons. The summed E-state index contributed by atoms with van der Waals surface area (Å²) in [6.45, 7) is 3.42. The molecule has 2 aromatic carbocycles. The lowest BCUT2D eigenvalue weighted by atomic mass is 10.0. The first kappa shape index (κ1) is 19.2. The summed E-state index contributed by atoms with van der Waals surface area (Å²) in [7, 11) is 0. The van der Waals surface area contributed by atoms with Crippen LogP contribution < -0.4 is 5.32 Å². The Morgan fingerprint density at radius 3 is 2.52 bits per heavy atom. The van der Waals surface area contributed by atoms with Crippen LogP contribution in [0.2, 0.25) is 0 Å². The fraction of sp³-hybridized carbons (Fsp3) is 0.115. The SMILES string of the molecule is Cc1cccc(-c2[nH]c(CNCc3ccccc3)nc2-c2ccnc3ccccc23)n1. The average molecular weight is 406 g/mol. The van der Waals surface area contributed by atoms with E-state index in [1.807, 2.05) is 61.7 Å². The molecule has 31 heavy (non-hydrogen) atoms. The zero-order valence-electron chi connectivity index (χ0n) is 17.3. The van der Waals surface area contributed by atoms with Gasteiger partial charge in [-0.1, -0.05) is 54.6 Å². The highest BCUT2D eigenvalue weighted by atomic mass is 15.0. The van der Waals surface area contributed by atoms with Crippen LogP contribution >= 0.6 is 0 Å². The predicted octanol–water partition coefficient (Wildman–Crippen LogP) is 5.29. The van der Waals surface area contributed by atoms with Gasteiger partial charge in [0.05, 0.1) is 29.1 Å². The molecule has 0 aliphatic heterocycles. The summed E-state index contributed by atoms with van der Waals surface area (Å²) < 4.78 is 0. The van der Waals surface area contributed by atoms with Gasteiger partial charge >= 0.3 is 0 Å². The van der Waals surface area contributed by atoms with Crippen molar-refractivity contribution in [1.29, 1.82) is 0 Å². The van der Waals surface area contributed by atoms with Crippen molar-refractivity contribution in [3.8, 4) is 22.6 Å². The van der Waals surface area contributed by atoms with E-state index in [0.717, 1.165) is 51.6 Å². The molecule has 0 aliphatic rings. The smallest absolute Gasteiger partial charge is 0.121 e. The molecule has 0 aliphatic carbocycles. The van der Waals surface area contributed by atoms with E-state index in [-0.39, 0.29) is 0 Å². The number of nitrogens with one attached hydrogen (secondary N) is 2. The highest BCUT2D eigenvalue weighted by molar-refractivity contribution is 5.96. The van der Waals surface area contributed by atoms with Crippen molar-refractivity contribution in [1.82, 2.24) is 25.3 Å². The number of aryl methyl sites for hydroxylation is 1. The van der Waals surface area contributed by atoms with E-state index in [0.29, 0.717) is 6.54 Å². The largest absolute Gasteiger partial charge is 0.339 e. The lowest BCUT2D eigenvalue weighted by molar-refractivity contribution is 0.669. The molecular weight excluding hydrogens is 382 g/mol. The van der Waals surface area contributed by atoms with Gasteiger partial charge in [0, 0.05) is 29.4 Å². The van der Waals surface area contributed by atoms with E-state index in [1.165, 1.54) is 5.56 Å². The maximum Gasteiger partial charge on any atom is 0.121 e. The quantitative estimate of drug-likeness (QED) is 0.403. The Hall–Kier alpha value is -3.83. The number of H-pyrrole nitrogens is 1. The van der Waals surface area contributed by atoms with Gasteiger partial charge in [0.25, 0.3) is 0 Å². The van der Waals surface area contributed by atoms with E-state index in [9.17, 15) is 0 Å². The molecule has 0 unspecified atom stereocenters. The fourth-order valence-corrected chi connectivity index (χ4v) is 3.79. The van der Waals surface area contributed by atoms with Crippen molar-refractivity contribution in [2.45, 2.75) is 20.0 Å². The van der Waals surface area contributed by atoms with E-state index >= 15 is 0 Å². The van der Waals surface area contributed by atoms with Gasteiger partial charge in [-0.05, 0) is 36.8 Å². The summed E-state index contributed by atoms with van der Waals surface area (Å²) in [5.41, 5.74) is 6.93. The van der Waals surface area contributed by atoms with E-state index in [1.54, 1.807) is 0 Å². The molecule has 0 amide bonds. The van der Waals surface area contributed by atoms with Crippen LogP contribution in [0.4, 0.5) is 0 Å². The maximum atomic E-state index is 4.98. The minimum absolute atomic E-state index is 0.636. The summed E-state index contributed by atoms with van der Waals surface area (Å²) in [6, 6.07) is 26.6. The highest BCUT2D eigenvalue weighted by Gasteiger charge is 2.17. The molecule has 5 aromatic rings. The zero-order chi connectivity index (χ0) is 21.0. The van der Waals surface area contributed by atoms with Gasteiger partial charge in [-0.2, -0.15) is 0 Å². The van der Waals surface area contributed by atoms with Gasteiger partial charge in [-0.15, -0.1) is 0 Å². The molecule has 0 fully saturated rings. The Morgan fingerprint density at radius 2 is 1.65 bits per heavy atom. The Labute approximate surface area is 181 Å². The number of para-hydroxylation sites is 1. The number of pyridine rings is 2. The topological polar surface area (TPSA) is 66.5 Å². The molecule has 2 N–H and O–H groups in total. The number of rotatable bonds is 6. The first-order valence-electron chi connectivity index (χ1n) is 10.4. The minimum atomic E-state index is 0.636. The molecule has 0 saturated heterocycles. The molecule has 5 rings (SSSR count). The van der Waals surface area contributed by atoms with Crippen molar-refractivity contribution in [2.24, 2.45) is 0 Å². The van der Waals surface area contributed by atoms with Gasteiger partial charge in [-0.3, -0.25) is 9.97 Å². The molecule has 152 valence electrons.